The Morgan fingerprint density at radius 3 is 3.17 bits per heavy atom. The molecule has 94 valence electrons. The molecule has 3 rings (SSSR count). The zero-order chi connectivity index (χ0) is 12.7. The molecule has 1 aliphatic heterocycles. The Balaban J connectivity index is 2.01. The lowest BCUT2D eigenvalue weighted by atomic mass is 10.2. The maximum Gasteiger partial charge on any atom is 0.299 e. The van der Waals surface area contributed by atoms with Crippen LogP contribution in [0.4, 0.5) is 6.01 Å². The minimum absolute atomic E-state index is 0.325. The van der Waals surface area contributed by atoms with Crippen molar-refractivity contribution in [3.63, 3.8) is 0 Å². The number of benzene rings is 1. The van der Waals surface area contributed by atoms with Gasteiger partial charge in [-0.2, -0.15) is 4.98 Å². The van der Waals surface area contributed by atoms with E-state index in [0.29, 0.717) is 22.1 Å². The highest BCUT2D eigenvalue weighted by molar-refractivity contribution is 6.31. The van der Waals surface area contributed by atoms with Crippen LogP contribution in [0.5, 0.6) is 0 Å². The lowest BCUT2D eigenvalue weighted by molar-refractivity contribution is -0.119. The predicted octanol–water partition coefficient (Wildman–Crippen LogP) is 1.94. The minimum atomic E-state index is -0.340. The summed E-state index contributed by atoms with van der Waals surface area (Å²) in [5.41, 5.74) is 6.72. The number of aromatic nitrogens is 1. The van der Waals surface area contributed by atoms with Crippen molar-refractivity contribution in [2.24, 2.45) is 5.73 Å². The van der Waals surface area contributed by atoms with Crippen molar-refractivity contribution >= 4 is 34.6 Å². The molecule has 2 heterocycles. The van der Waals surface area contributed by atoms with Gasteiger partial charge in [0.1, 0.15) is 11.6 Å². The van der Waals surface area contributed by atoms with Gasteiger partial charge in [0.2, 0.25) is 5.91 Å². The second-order valence-electron chi connectivity index (χ2n) is 4.36. The van der Waals surface area contributed by atoms with Crippen molar-refractivity contribution in [2.45, 2.75) is 18.9 Å². The summed E-state index contributed by atoms with van der Waals surface area (Å²) in [4.78, 5) is 17.5. The molecule has 1 aromatic heterocycles. The molecule has 1 unspecified atom stereocenters. The van der Waals surface area contributed by atoms with Crippen LogP contribution in [0.15, 0.2) is 22.6 Å². The standard InChI is InChI=1S/C12H12ClN3O2/c13-7-3-4-10-8(6-7)15-12(18-10)16-5-1-2-9(16)11(14)17/h3-4,6,9H,1-2,5H2,(H2,14,17). The molecule has 1 aliphatic rings. The van der Waals surface area contributed by atoms with Gasteiger partial charge in [-0.05, 0) is 31.0 Å². The fourth-order valence-electron chi connectivity index (χ4n) is 2.30. The first-order valence-electron chi connectivity index (χ1n) is 5.77. The lowest BCUT2D eigenvalue weighted by Gasteiger charge is -2.19. The monoisotopic (exact) mass is 265 g/mol. The number of primary amides is 1. The second-order valence-corrected chi connectivity index (χ2v) is 4.80. The topological polar surface area (TPSA) is 72.4 Å². The second kappa shape index (κ2) is 4.17. The number of hydrogen-bond acceptors (Lipinski definition) is 4. The van der Waals surface area contributed by atoms with E-state index in [1.807, 2.05) is 4.90 Å². The number of nitrogens with two attached hydrogens (primary N) is 1. The third-order valence-electron chi connectivity index (χ3n) is 3.17. The van der Waals surface area contributed by atoms with Crippen molar-refractivity contribution in [2.75, 3.05) is 11.4 Å². The van der Waals surface area contributed by atoms with Gasteiger partial charge in [-0.1, -0.05) is 11.6 Å². The molecule has 1 atom stereocenters. The van der Waals surface area contributed by atoms with Crippen molar-refractivity contribution in [3.05, 3.63) is 23.2 Å². The first kappa shape index (κ1) is 11.3. The average Bonchev–Trinajstić information content (AvgIpc) is 2.93. The number of amides is 1. The van der Waals surface area contributed by atoms with Crippen LogP contribution in [0, 0.1) is 0 Å². The van der Waals surface area contributed by atoms with Gasteiger partial charge in [-0.25, -0.2) is 0 Å². The van der Waals surface area contributed by atoms with E-state index in [9.17, 15) is 4.79 Å². The van der Waals surface area contributed by atoms with E-state index in [-0.39, 0.29) is 11.9 Å². The summed E-state index contributed by atoms with van der Waals surface area (Å²) in [6.45, 7) is 0.730. The van der Waals surface area contributed by atoms with Crippen LogP contribution in [0.25, 0.3) is 11.1 Å². The third kappa shape index (κ3) is 1.80. The fraction of sp³-hybridized carbons (Fsp3) is 0.333. The molecule has 0 spiro atoms. The van der Waals surface area contributed by atoms with E-state index in [1.165, 1.54) is 0 Å². The molecule has 2 aromatic rings. The van der Waals surface area contributed by atoms with Gasteiger partial charge in [-0.15, -0.1) is 0 Å². The molecule has 1 amide bonds. The number of oxazole rings is 1. The zero-order valence-electron chi connectivity index (χ0n) is 9.60. The molecular formula is C12H12ClN3O2. The molecule has 2 N–H and O–H groups in total. The molecule has 0 saturated carbocycles. The molecule has 18 heavy (non-hydrogen) atoms. The van der Waals surface area contributed by atoms with E-state index >= 15 is 0 Å². The highest BCUT2D eigenvalue weighted by atomic mass is 35.5. The zero-order valence-corrected chi connectivity index (χ0v) is 10.4. The molecule has 1 aromatic carbocycles. The summed E-state index contributed by atoms with van der Waals surface area (Å²) < 4.78 is 5.64. The summed E-state index contributed by atoms with van der Waals surface area (Å²) in [5, 5.41) is 0.607. The molecule has 5 nitrogen and oxygen atoms in total. The molecule has 6 heteroatoms. The van der Waals surface area contributed by atoms with E-state index < -0.39 is 0 Å². The summed E-state index contributed by atoms with van der Waals surface area (Å²) in [6.07, 6.45) is 1.65. The fourth-order valence-corrected chi connectivity index (χ4v) is 2.47. The first-order valence-corrected chi connectivity index (χ1v) is 6.15. The van der Waals surface area contributed by atoms with Gasteiger partial charge in [0, 0.05) is 11.6 Å². The molecule has 0 aliphatic carbocycles. The number of fused-ring (bicyclic) bond motifs is 1. The Hall–Kier alpha value is -1.75. The number of hydrogen-bond donors (Lipinski definition) is 1. The smallest absolute Gasteiger partial charge is 0.299 e. The molecular weight excluding hydrogens is 254 g/mol. The Labute approximate surface area is 109 Å². The number of rotatable bonds is 2. The van der Waals surface area contributed by atoms with E-state index in [1.54, 1.807) is 18.2 Å². The predicted molar refractivity (Wildman–Crippen MR) is 68.6 cm³/mol. The van der Waals surface area contributed by atoms with Crippen LogP contribution in [-0.4, -0.2) is 23.5 Å². The van der Waals surface area contributed by atoms with Crippen LogP contribution in [0.3, 0.4) is 0 Å². The number of carbonyl (C=O) groups is 1. The average molecular weight is 266 g/mol. The van der Waals surface area contributed by atoms with Crippen molar-refractivity contribution in [1.29, 1.82) is 0 Å². The molecule has 1 saturated heterocycles. The van der Waals surface area contributed by atoms with Crippen molar-refractivity contribution in [3.8, 4) is 0 Å². The van der Waals surface area contributed by atoms with Crippen molar-refractivity contribution < 1.29 is 9.21 Å². The SMILES string of the molecule is NC(=O)C1CCCN1c1nc2cc(Cl)ccc2o1. The lowest BCUT2D eigenvalue weighted by Crippen LogP contribution is -2.40. The summed E-state index contributed by atoms with van der Waals surface area (Å²) in [5.74, 6) is -0.340. The molecule has 1 fully saturated rings. The highest BCUT2D eigenvalue weighted by Gasteiger charge is 2.32. The van der Waals surface area contributed by atoms with Crippen LogP contribution in [0.2, 0.25) is 5.02 Å². The van der Waals surface area contributed by atoms with Gasteiger partial charge in [-0.3, -0.25) is 4.79 Å². The van der Waals surface area contributed by atoms with Gasteiger partial charge < -0.3 is 15.1 Å². The Kier molecular flexibility index (Phi) is 2.63. The summed E-state index contributed by atoms with van der Waals surface area (Å²) in [7, 11) is 0. The van der Waals surface area contributed by atoms with Crippen LogP contribution in [0.1, 0.15) is 12.8 Å². The van der Waals surface area contributed by atoms with E-state index in [2.05, 4.69) is 4.98 Å². The minimum Gasteiger partial charge on any atom is -0.423 e. The van der Waals surface area contributed by atoms with Gasteiger partial charge in [0.05, 0.1) is 0 Å². The number of carbonyl (C=O) groups excluding carboxylic acids is 1. The Morgan fingerprint density at radius 2 is 2.39 bits per heavy atom. The van der Waals surface area contributed by atoms with Crippen LogP contribution < -0.4 is 10.6 Å². The highest BCUT2D eigenvalue weighted by Crippen LogP contribution is 2.29. The van der Waals surface area contributed by atoms with Crippen molar-refractivity contribution in [1.82, 2.24) is 4.98 Å². The quantitative estimate of drug-likeness (QED) is 0.901. The number of anilines is 1. The number of nitrogens with zero attached hydrogens (tertiary/aromatic N) is 2. The van der Waals surface area contributed by atoms with Gasteiger partial charge >= 0.3 is 0 Å². The maximum absolute atomic E-state index is 11.3. The third-order valence-corrected chi connectivity index (χ3v) is 3.40. The van der Waals surface area contributed by atoms with E-state index in [4.69, 9.17) is 21.8 Å². The van der Waals surface area contributed by atoms with Gasteiger partial charge in [0.15, 0.2) is 5.58 Å². The normalized spacial score (nSPS) is 19.6. The number of halogens is 1. The first-order chi connectivity index (χ1) is 8.65. The Morgan fingerprint density at radius 1 is 1.56 bits per heavy atom. The van der Waals surface area contributed by atoms with Crippen LogP contribution >= 0.6 is 11.6 Å². The summed E-state index contributed by atoms with van der Waals surface area (Å²) in [6, 6.07) is 5.36. The Bertz CT molecular complexity index is 610. The summed E-state index contributed by atoms with van der Waals surface area (Å²) >= 11 is 5.90. The molecule has 0 bridgehead atoms. The maximum atomic E-state index is 11.3. The van der Waals surface area contributed by atoms with Gasteiger partial charge in [0.25, 0.3) is 6.01 Å². The van der Waals surface area contributed by atoms with E-state index in [0.717, 1.165) is 19.4 Å². The largest absolute Gasteiger partial charge is 0.423 e. The van der Waals surface area contributed by atoms with Crippen LogP contribution in [-0.2, 0) is 4.79 Å². The molecule has 0 radical (unpaired) electrons.